The number of unbranched alkanes of at least 4 members (excludes halogenated alkanes) is 8. The van der Waals surface area contributed by atoms with Gasteiger partial charge in [0, 0.05) is 10.9 Å². The van der Waals surface area contributed by atoms with Gasteiger partial charge < -0.3 is 9.52 Å². The Bertz CT molecular complexity index is 1010. The SMILES string of the molecule is CCCCCCCCCCCC(c1ccc(Cl)cc1)c1c(O)c2ccccc2oc1=O. The lowest BCUT2D eigenvalue weighted by Gasteiger charge is -2.19. The quantitative estimate of drug-likeness (QED) is 0.228. The summed E-state index contributed by atoms with van der Waals surface area (Å²) in [7, 11) is 0. The van der Waals surface area contributed by atoms with Crippen LogP contribution in [0.4, 0.5) is 0 Å². The molecule has 31 heavy (non-hydrogen) atoms. The van der Waals surface area contributed by atoms with Crippen molar-refractivity contribution in [3.05, 3.63) is 75.1 Å². The minimum atomic E-state index is -0.466. The molecule has 0 fully saturated rings. The molecule has 0 aliphatic carbocycles. The van der Waals surface area contributed by atoms with Crippen molar-refractivity contribution in [3.63, 3.8) is 0 Å². The minimum Gasteiger partial charge on any atom is -0.507 e. The van der Waals surface area contributed by atoms with E-state index in [1.54, 1.807) is 18.2 Å². The highest BCUT2D eigenvalue weighted by atomic mass is 35.5. The van der Waals surface area contributed by atoms with Gasteiger partial charge in [0.2, 0.25) is 0 Å². The van der Waals surface area contributed by atoms with Crippen molar-refractivity contribution in [2.75, 3.05) is 0 Å². The molecule has 0 spiro atoms. The van der Waals surface area contributed by atoms with Crippen molar-refractivity contribution in [2.24, 2.45) is 0 Å². The zero-order chi connectivity index (χ0) is 22.1. The van der Waals surface area contributed by atoms with Gasteiger partial charge in [0.1, 0.15) is 11.3 Å². The first kappa shape index (κ1) is 23.4. The van der Waals surface area contributed by atoms with Crippen LogP contribution in [0.15, 0.2) is 57.7 Å². The molecule has 0 amide bonds. The summed E-state index contributed by atoms with van der Waals surface area (Å²) in [5, 5.41) is 12.2. The van der Waals surface area contributed by atoms with Gasteiger partial charge in [-0.25, -0.2) is 4.79 Å². The fraction of sp³-hybridized carbons (Fsp3) is 0.444. The molecule has 0 saturated heterocycles. The van der Waals surface area contributed by atoms with Crippen LogP contribution in [0, 0.1) is 0 Å². The number of benzene rings is 2. The van der Waals surface area contributed by atoms with Crippen LogP contribution in [-0.4, -0.2) is 5.11 Å². The molecule has 3 nitrogen and oxygen atoms in total. The van der Waals surface area contributed by atoms with Gasteiger partial charge in [-0.3, -0.25) is 0 Å². The van der Waals surface area contributed by atoms with Crippen LogP contribution in [0.2, 0.25) is 5.02 Å². The van der Waals surface area contributed by atoms with Crippen molar-refractivity contribution in [1.82, 2.24) is 0 Å². The maximum Gasteiger partial charge on any atom is 0.343 e. The largest absolute Gasteiger partial charge is 0.507 e. The fourth-order valence-corrected chi connectivity index (χ4v) is 4.41. The van der Waals surface area contributed by atoms with E-state index in [0.29, 0.717) is 21.6 Å². The van der Waals surface area contributed by atoms with E-state index in [2.05, 4.69) is 6.92 Å². The van der Waals surface area contributed by atoms with Crippen molar-refractivity contribution in [1.29, 1.82) is 0 Å². The third kappa shape index (κ3) is 6.36. The Balaban J connectivity index is 1.74. The Hall–Kier alpha value is -2.26. The van der Waals surface area contributed by atoms with E-state index in [0.717, 1.165) is 24.8 Å². The Kier molecular flexibility index (Phi) is 9.02. The maximum atomic E-state index is 12.8. The molecule has 3 rings (SSSR count). The highest BCUT2D eigenvalue weighted by molar-refractivity contribution is 6.30. The zero-order valence-electron chi connectivity index (χ0n) is 18.4. The summed E-state index contributed by atoms with van der Waals surface area (Å²) in [4.78, 5) is 12.8. The average Bonchev–Trinajstić information content (AvgIpc) is 2.77. The normalized spacial score (nSPS) is 12.3. The fourth-order valence-electron chi connectivity index (χ4n) is 4.29. The van der Waals surface area contributed by atoms with Crippen molar-refractivity contribution in [3.8, 4) is 5.75 Å². The lowest BCUT2D eigenvalue weighted by atomic mass is 9.86. The number of rotatable bonds is 12. The minimum absolute atomic E-state index is 0.0303. The van der Waals surface area contributed by atoms with E-state index in [-0.39, 0.29) is 11.7 Å². The Morgan fingerprint density at radius 1 is 0.871 bits per heavy atom. The summed E-state index contributed by atoms with van der Waals surface area (Å²) in [5.74, 6) is -0.189. The molecule has 0 bridgehead atoms. The molecule has 1 heterocycles. The molecule has 166 valence electrons. The maximum absolute atomic E-state index is 12.8. The molecule has 0 aliphatic rings. The molecule has 4 heteroatoms. The predicted octanol–water partition coefficient (Wildman–Crippen LogP) is 8.20. The number of aromatic hydroxyl groups is 1. The average molecular weight is 441 g/mol. The summed E-state index contributed by atoms with van der Waals surface area (Å²) in [6.07, 6.45) is 12.0. The second-order valence-electron chi connectivity index (χ2n) is 8.37. The zero-order valence-corrected chi connectivity index (χ0v) is 19.2. The van der Waals surface area contributed by atoms with Gasteiger partial charge in [0.05, 0.1) is 10.9 Å². The van der Waals surface area contributed by atoms with Crippen LogP contribution in [-0.2, 0) is 0 Å². The van der Waals surface area contributed by atoms with Crippen LogP contribution in [0.1, 0.15) is 88.2 Å². The first-order chi connectivity index (χ1) is 15.1. The van der Waals surface area contributed by atoms with Gasteiger partial charge >= 0.3 is 5.63 Å². The number of fused-ring (bicyclic) bond motifs is 1. The van der Waals surface area contributed by atoms with E-state index >= 15 is 0 Å². The molecule has 0 aliphatic heterocycles. The van der Waals surface area contributed by atoms with Crippen LogP contribution in [0.25, 0.3) is 11.0 Å². The van der Waals surface area contributed by atoms with Crippen molar-refractivity contribution >= 4 is 22.6 Å². The molecule has 2 aromatic carbocycles. The Labute approximate surface area is 190 Å². The highest BCUT2D eigenvalue weighted by Gasteiger charge is 2.24. The first-order valence-corrected chi connectivity index (χ1v) is 12.0. The van der Waals surface area contributed by atoms with Gasteiger partial charge in [0.15, 0.2) is 0 Å². The first-order valence-electron chi connectivity index (χ1n) is 11.6. The lowest BCUT2D eigenvalue weighted by Crippen LogP contribution is -2.14. The number of para-hydroxylation sites is 1. The van der Waals surface area contributed by atoms with E-state index in [1.165, 1.54) is 44.9 Å². The molecular formula is C27H33ClO3. The summed E-state index contributed by atoms with van der Waals surface area (Å²) in [6, 6.07) is 14.7. The predicted molar refractivity (Wildman–Crippen MR) is 129 cm³/mol. The van der Waals surface area contributed by atoms with Gasteiger partial charge in [-0.15, -0.1) is 0 Å². The third-order valence-electron chi connectivity index (χ3n) is 6.04. The van der Waals surface area contributed by atoms with Crippen LogP contribution in [0.3, 0.4) is 0 Å². The second kappa shape index (κ2) is 12.0. The van der Waals surface area contributed by atoms with E-state index in [4.69, 9.17) is 16.0 Å². The molecule has 1 unspecified atom stereocenters. The van der Waals surface area contributed by atoms with Gasteiger partial charge in [0.25, 0.3) is 0 Å². The van der Waals surface area contributed by atoms with E-state index in [1.807, 2.05) is 30.3 Å². The molecular weight excluding hydrogens is 408 g/mol. The van der Waals surface area contributed by atoms with Gasteiger partial charge in [-0.1, -0.05) is 101 Å². The van der Waals surface area contributed by atoms with E-state index in [9.17, 15) is 9.90 Å². The summed E-state index contributed by atoms with van der Waals surface area (Å²) in [5.41, 5.74) is 1.26. The summed E-state index contributed by atoms with van der Waals surface area (Å²) >= 11 is 6.08. The topological polar surface area (TPSA) is 50.4 Å². The van der Waals surface area contributed by atoms with Gasteiger partial charge in [-0.2, -0.15) is 0 Å². The summed E-state index contributed by atoms with van der Waals surface area (Å²) < 4.78 is 5.55. The lowest BCUT2D eigenvalue weighted by molar-refractivity contribution is 0.445. The number of halogens is 1. The molecule has 3 aromatic rings. The molecule has 1 atom stereocenters. The monoisotopic (exact) mass is 440 g/mol. The Morgan fingerprint density at radius 3 is 2.16 bits per heavy atom. The Morgan fingerprint density at radius 2 is 1.48 bits per heavy atom. The van der Waals surface area contributed by atoms with Gasteiger partial charge in [-0.05, 0) is 36.2 Å². The second-order valence-corrected chi connectivity index (χ2v) is 8.81. The van der Waals surface area contributed by atoms with Crippen molar-refractivity contribution in [2.45, 2.75) is 77.0 Å². The van der Waals surface area contributed by atoms with E-state index < -0.39 is 5.63 Å². The summed E-state index contributed by atoms with van der Waals surface area (Å²) in [6.45, 7) is 2.24. The highest BCUT2D eigenvalue weighted by Crippen LogP contribution is 2.37. The molecule has 1 aromatic heterocycles. The smallest absolute Gasteiger partial charge is 0.343 e. The van der Waals surface area contributed by atoms with Crippen molar-refractivity contribution < 1.29 is 9.52 Å². The van der Waals surface area contributed by atoms with Crippen LogP contribution < -0.4 is 5.63 Å². The third-order valence-corrected chi connectivity index (χ3v) is 6.29. The standard InChI is InChI=1S/C27H33ClO3/c1-2-3-4-5-6-7-8-9-10-13-22(20-16-18-21(28)19-17-20)25-26(29)23-14-11-12-15-24(23)31-27(25)30/h11-12,14-19,22,29H,2-10,13H2,1H3. The molecule has 1 N–H and O–H groups in total. The van der Waals surface area contributed by atoms with Crippen LogP contribution >= 0.6 is 11.6 Å². The molecule has 0 radical (unpaired) electrons. The number of hydrogen-bond donors (Lipinski definition) is 1. The molecule has 0 saturated carbocycles. The number of hydrogen-bond acceptors (Lipinski definition) is 3. The van der Waals surface area contributed by atoms with Crippen LogP contribution in [0.5, 0.6) is 5.75 Å².